The molecule has 0 fully saturated rings. The summed E-state index contributed by atoms with van der Waals surface area (Å²) in [6.45, 7) is 28.4. The van der Waals surface area contributed by atoms with Gasteiger partial charge >= 0.3 is 7.82 Å². The van der Waals surface area contributed by atoms with Crippen molar-refractivity contribution < 1.29 is 18.5 Å². The van der Waals surface area contributed by atoms with E-state index in [2.05, 4.69) is 102 Å². The van der Waals surface area contributed by atoms with Crippen molar-refractivity contribution in [3.63, 3.8) is 0 Å². The van der Waals surface area contributed by atoms with Crippen LogP contribution < -0.4 is 9.05 Å². The van der Waals surface area contributed by atoms with Crippen molar-refractivity contribution >= 4 is 7.82 Å². The predicted molar refractivity (Wildman–Crippen MR) is 146 cm³/mol. The highest BCUT2D eigenvalue weighted by atomic mass is 31.2. The zero-order chi connectivity index (χ0) is 26.9. The molecule has 0 saturated carbocycles. The van der Waals surface area contributed by atoms with Gasteiger partial charge in [-0.15, -0.1) is 0 Å². The second kappa shape index (κ2) is 8.38. The second-order valence-corrected chi connectivity index (χ2v) is 15.5. The van der Waals surface area contributed by atoms with Crippen LogP contribution in [0.1, 0.15) is 129 Å². The smallest absolute Gasteiger partial charge is 0.395 e. The van der Waals surface area contributed by atoms with Crippen LogP contribution in [-0.2, 0) is 26.2 Å². The average molecular weight is 501 g/mol. The van der Waals surface area contributed by atoms with Gasteiger partial charge in [0.2, 0.25) is 0 Å². The minimum absolute atomic E-state index is 0.00479. The number of hydrogen-bond acceptors (Lipinski definition) is 3. The van der Waals surface area contributed by atoms with Gasteiger partial charge in [-0.3, -0.25) is 4.89 Å². The lowest BCUT2D eigenvalue weighted by molar-refractivity contribution is 0.284. The van der Waals surface area contributed by atoms with Crippen molar-refractivity contribution in [2.75, 3.05) is 0 Å². The molecule has 2 aromatic carbocycles. The number of phosphoric ester groups is 1. The molecule has 1 heterocycles. The predicted octanol–water partition coefficient (Wildman–Crippen LogP) is 8.90. The summed E-state index contributed by atoms with van der Waals surface area (Å²) >= 11 is 0. The van der Waals surface area contributed by atoms with Gasteiger partial charge in [0.25, 0.3) is 0 Å². The van der Waals surface area contributed by atoms with Crippen LogP contribution in [0.3, 0.4) is 0 Å². The van der Waals surface area contributed by atoms with Crippen LogP contribution in [-0.4, -0.2) is 4.89 Å². The quantitative estimate of drug-likeness (QED) is 0.367. The summed E-state index contributed by atoms with van der Waals surface area (Å²) in [5.74, 6) is 0.834. The maximum atomic E-state index is 13.4. The SMILES string of the molecule is CC1c2c(C(C)(C)C)ccc(c2C(C)(C)C)OP(=O)(O)Oc2ccc(C(C)(C)C)c1c2C(C)(C)C. The lowest BCUT2D eigenvalue weighted by Gasteiger charge is -2.39. The summed E-state index contributed by atoms with van der Waals surface area (Å²) in [5.41, 5.74) is 5.80. The van der Waals surface area contributed by atoms with E-state index in [9.17, 15) is 9.46 Å². The zero-order valence-electron chi connectivity index (χ0n) is 24.0. The van der Waals surface area contributed by atoms with Crippen LogP contribution in [0.4, 0.5) is 0 Å². The maximum absolute atomic E-state index is 13.4. The van der Waals surface area contributed by atoms with Gasteiger partial charge in [-0.1, -0.05) is 102 Å². The first kappa shape index (κ1) is 27.8. The summed E-state index contributed by atoms with van der Waals surface area (Å²) in [4.78, 5) is 10.9. The van der Waals surface area contributed by atoms with E-state index in [1.807, 2.05) is 12.1 Å². The molecule has 0 saturated heterocycles. The Bertz CT molecular complexity index is 1090. The molecule has 35 heavy (non-hydrogen) atoms. The highest BCUT2D eigenvalue weighted by Crippen LogP contribution is 2.56. The summed E-state index contributed by atoms with van der Waals surface area (Å²) in [6.07, 6.45) is 0. The van der Waals surface area contributed by atoms with E-state index in [0.29, 0.717) is 11.5 Å². The van der Waals surface area contributed by atoms with Gasteiger partial charge in [-0.2, -0.15) is 0 Å². The fraction of sp³-hybridized carbons (Fsp3) is 0.600. The van der Waals surface area contributed by atoms with Crippen LogP contribution in [0.5, 0.6) is 11.5 Å². The van der Waals surface area contributed by atoms with Gasteiger partial charge in [0.1, 0.15) is 11.5 Å². The Balaban J connectivity index is 2.67. The number of benzene rings is 2. The van der Waals surface area contributed by atoms with Crippen molar-refractivity contribution in [3.8, 4) is 11.5 Å². The van der Waals surface area contributed by atoms with Crippen LogP contribution in [0.25, 0.3) is 0 Å². The molecular formula is C30H45O4P. The summed E-state index contributed by atoms with van der Waals surface area (Å²) in [7, 11) is -4.45. The molecule has 1 N–H and O–H groups in total. The van der Waals surface area contributed by atoms with E-state index in [1.165, 1.54) is 22.3 Å². The van der Waals surface area contributed by atoms with Crippen LogP contribution >= 0.6 is 7.82 Å². The van der Waals surface area contributed by atoms with Gasteiger partial charge in [0.05, 0.1) is 0 Å². The third-order valence-corrected chi connectivity index (χ3v) is 7.68. The molecule has 4 nitrogen and oxygen atoms in total. The molecule has 1 aliphatic rings. The third kappa shape index (κ3) is 5.35. The van der Waals surface area contributed by atoms with Crippen molar-refractivity contribution in [2.24, 2.45) is 0 Å². The molecule has 4 bridgehead atoms. The molecular weight excluding hydrogens is 455 g/mol. The lowest BCUT2D eigenvalue weighted by atomic mass is 9.67. The lowest BCUT2D eigenvalue weighted by Crippen LogP contribution is -2.28. The molecule has 0 spiro atoms. The summed E-state index contributed by atoms with van der Waals surface area (Å²) < 4.78 is 25.1. The van der Waals surface area contributed by atoms with E-state index in [4.69, 9.17) is 9.05 Å². The monoisotopic (exact) mass is 500 g/mol. The Morgan fingerprint density at radius 2 is 0.943 bits per heavy atom. The maximum Gasteiger partial charge on any atom is 0.584 e. The highest BCUT2D eigenvalue weighted by Gasteiger charge is 2.41. The Hall–Kier alpha value is -1.77. The van der Waals surface area contributed by atoms with E-state index >= 15 is 0 Å². The Morgan fingerprint density at radius 3 is 1.20 bits per heavy atom. The van der Waals surface area contributed by atoms with E-state index in [-0.39, 0.29) is 27.6 Å². The number of phosphoric acid groups is 1. The minimum Gasteiger partial charge on any atom is -0.395 e. The van der Waals surface area contributed by atoms with E-state index < -0.39 is 7.82 Å². The molecule has 1 aliphatic heterocycles. The van der Waals surface area contributed by atoms with Crippen LogP contribution in [0.2, 0.25) is 0 Å². The number of hydrogen-bond donors (Lipinski definition) is 1. The molecule has 0 atom stereocenters. The van der Waals surface area contributed by atoms with Gasteiger partial charge in [-0.05, 0) is 56.0 Å². The minimum atomic E-state index is -4.45. The molecule has 0 radical (unpaired) electrons. The molecule has 0 aliphatic carbocycles. The zero-order valence-corrected chi connectivity index (χ0v) is 24.9. The topological polar surface area (TPSA) is 55.8 Å². The van der Waals surface area contributed by atoms with Crippen molar-refractivity contribution in [1.29, 1.82) is 0 Å². The molecule has 0 unspecified atom stereocenters. The molecule has 0 amide bonds. The summed E-state index contributed by atoms with van der Waals surface area (Å²) in [5, 5.41) is 0. The van der Waals surface area contributed by atoms with Crippen LogP contribution in [0.15, 0.2) is 24.3 Å². The fourth-order valence-corrected chi connectivity index (χ4v) is 6.36. The first-order valence-electron chi connectivity index (χ1n) is 12.6. The number of rotatable bonds is 0. The molecule has 5 heteroatoms. The molecule has 2 aromatic rings. The van der Waals surface area contributed by atoms with Gasteiger partial charge < -0.3 is 9.05 Å². The largest absolute Gasteiger partial charge is 0.584 e. The number of fused-ring (bicyclic) bond motifs is 4. The van der Waals surface area contributed by atoms with Crippen molar-refractivity contribution in [2.45, 2.75) is 118 Å². The van der Waals surface area contributed by atoms with Crippen LogP contribution in [0, 0.1) is 0 Å². The first-order valence-corrected chi connectivity index (χ1v) is 14.1. The summed E-state index contributed by atoms with van der Waals surface area (Å²) in [6, 6.07) is 7.81. The molecule has 0 aromatic heterocycles. The van der Waals surface area contributed by atoms with Gasteiger partial charge in [0, 0.05) is 17.0 Å². The van der Waals surface area contributed by atoms with Gasteiger partial charge in [0.15, 0.2) is 0 Å². The van der Waals surface area contributed by atoms with Gasteiger partial charge in [-0.25, -0.2) is 4.57 Å². The molecule has 3 rings (SSSR count). The Labute approximate surface area is 213 Å². The average Bonchev–Trinajstić information content (AvgIpc) is 2.61. The molecule has 194 valence electrons. The van der Waals surface area contributed by atoms with E-state index in [1.54, 1.807) is 0 Å². The first-order chi connectivity index (χ1) is 15.6. The van der Waals surface area contributed by atoms with Crippen molar-refractivity contribution in [3.05, 3.63) is 57.6 Å². The van der Waals surface area contributed by atoms with E-state index in [0.717, 1.165) is 11.1 Å². The second-order valence-electron chi connectivity index (χ2n) is 14.2. The standard InChI is InChI=1S/C30H45O4P/c1-18-23-19(27(2,3)4)14-16-21(25(23)29(8,9)10)33-35(31,32)34-22-17-15-20(28(5,6)7)24(18)26(22)30(11,12)13/h14-18H,1-13H3,(H,31,32). The highest BCUT2D eigenvalue weighted by molar-refractivity contribution is 7.48. The Morgan fingerprint density at radius 1 is 0.629 bits per heavy atom. The Kier molecular flexibility index (Phi) is 6.66. The van der Waals surface area contributed by atoms with Crippen molar-refractivity contribution in [1.82, 2.24) is 0 Å². The third-order valence-electron chi connectivity index (χ3n) is 6.82. The normalized spacial score (nSPS) is 21.3. The fourth-order valence-electron chi connectivity index (χ4n) is 5.52.